The summed E-state index contributed by atoms with van der Waals surface area (Å²) in [6.45, 7) is 1.36. The maximum Gasteiger partial charge on any atom is 0.325 e. The number of halogens is 2. The largest absolute Gasteiger partial charge is 0.480 e. The van der Waals surface area contributed by atoms with Gasteiger partial charge in [0.2, 0.25) is 0 Å². The Balaban J connectivity index is 2.88. The summed E-state index contributed by atoms with van der Waals surface area (Å²) >= 11 is 11.5. The fourth-order valence-corrected chi connectivity index (χ4v) is 1.38. The van der Waals surface area contributed by atoms with Crippen LogP contribution in [0.4, 0.5) is 0 Å². The predicted octanol–water partition coefficient (Wildman–Crippen LogP) is 2.20. The Hall–Kier alpha value is -1.26. The molecule has 0 spiro atoms. The van der Waals surface area contributed by atoms with Gasteiger partial charge < -0.3 is 10.4 Å². The molecule has 0 radical (unpaired) electrons. The second-order valence-electron chi connectivity index (χ2n) is 3.16. The van der Waals surface area contributed by atoms with E-state index in [0.717, 1.165) is 0 Å². The quantitative estimate of drug-likeness (QED) is 0.877. The number of hydrogen-bond donors (Lipinski definition) is 2. The molecule has 0 saturated carbocycles. The number of carbonyl (C=O) groups is 2. The molecule has 0 unspecified atom stereocenters. The Morgan fingerprint density at radius 3 is 2.56 bits per heavy atom. The number of hydrogen-bond acceptors (Lipinski definition) is 2. The summed E-state index contributed by atoms with van der Waals surface area (Å²) in [5, 5.41) is 11.5. The van der Waals surface area contributed by atoms with Crippen LogP contribution in [0, 0.1) is 0 Å². The summed E-state index contributed by atoms with van der Waals surface area (Å²) in [4.78, 5) is 22.2. The van der Waals surface area contributed by atoms with Crippen LogP contribution in [0.3, 0.4) is 0 Å². The molecule has 4 nitrogen and oxygen atoms in total. The molecule has 16 heavy (non-hydrogen) atoms. The summed E-state index contributed by atoms with van der Waals surface area (Å²) in [5.74, 6) is -1.69. The second-order valence-corrected chi connectivity index (χ2v) is 4.00. The monoisotopic (exact) mass is 261 g/mol. The first-order valence-corrected chi connectivity index (χ1v) is 5.16. The van der Waals surface area contributed by atoms with Gasteiger partial charge in [-0.25, -0.2) is 0 Å². The molecule has 1 atom stereocenters. The molecule has 0 heterocycles. The minimum atomic E-state index is -1.12. The van der Waals surface area contributed by atoms with Crippen LogP contribution in [0.2, 0.25) is 10.0 Å². The summed E-state index contributed by atoms with van der Waals surface area (Å²) in [6.07, 6.45) is 0. The van der Waals surface area contributed by atoms with Crippen molar-refractivity contribution in [3.05, 3.63) is 33.8 Å². The molecule has 1 aromatic rings. The van der Waals surface area contributed by atoms with Gasteiger partial charge in [0.05, 0.1) is 10.6 Å². The first-order chi connectivity index (χ1) is 7.41. The van der Waals surface area contributed by atoms with Crippen molar-refractivity contribution >= 4 is 35.1 Å². The highest BCUT2D eigenvalue weighted by Crippen LogP contribution is 2.20. The lowest BCUT2D eigenvalue weighted by Crippen LogP contribution is -2.38. The lowest BCUT2D eigenvalue weighted by molar-refractivity contribution is -0.138. The van der Waals surface area contributed by atoms with Crippen LogP contribution in [-0.4, -0.2) is 23.0 Å². The van der Waals surface area contributed by atoms with E-state index in [1.807, 2.05) is 0 Å². The van der Waals surface area contributed by atoms with Gasteiger partial charge in [-0.1, -0.05) is 23.2 Å². The highest BCUT2D eigenvalue weighted by Gasteiger charge is 2.17. The molecule has 1 rings (SSSR count). The zero-order valence-corrected chi connectivity index (χ0v) is 9.84. The molecule has 86 valence electrons. The molecule has 0 fully saturated rings. The third-order valence-electron chi connectivity index (χ3n) is 1.89. The van der Waals surface area contributed by atoms with Crippen molar-refractivity contribution in [2.24, 2.45) is 0 Å². The summed E-state index contributed by atoms with van der Waals surface area (Å²) < 4.78 is 0. The van der Waals surface area contributed by atoms with Gasteiger partial charge in [-0.15, -0.1) is 0 Å². The van der Waals surface area contributed by atoms with Gasteiger partial charge in [-0.2, -0.15) is 0 Å². The van der Waals surface area contributed by atoms with Gasteiger partial charge >= 0.3 is 5.97 Å². The maximum absolute atomic E-state index is 11.6. The second kappa shape index (κ2) is 5.18. The van der Waals surface area contributed by atoms with Gasteiger partial charge in [-0.05, 0) is 25.1 Å². The van der Waals surface area contributed by atoms with Gasteiger partial charge in [0.1, 0.15) is 6.04 Å². The Labute approximate surface area is 102 Å². The van der Waals surface area contributed by atoms with E-state index in [4.69, 9.17) is 28.3 Å². The van der Waals surface area contributed by atoms with E-state index in [1.165, 1.54) is 19.1 Å². The minimum absolute atomic E-state index is 0.155. The molecule has 0 bridgehead atoms. The smallest absolute Gasteiger partial charge is 0.325 e. The number of nitrogens with one attached hydrogen (secondary N) is 1. The molecular weight excluding hydrogens is 253 g/mol. The van der Waals surface area contributed by atoms with Crippen molar-refractivity contribution in [2.75, 3.05) is 0 Å². The first-order valence-electron chi connectivity index (χ1n) is 4.40. The summed E-state index contributed by atoms with van der Waals surface area (Å²) in [7, 11) is 0. The van der Waals surface area contributed by atoms with E-state index in [9.17, 15) is 9.59 Å². The van der Waals surface area contributed by atoms with Crippen LogP contribution in [0.15, 0.2) is 18.2 Å². The lowest BCUT2D eigenvalue weighted by atomic mass is 10.2. The zero-order chi connectivity index (χ0) is 12.3. The van der Waals surface area contributed by atoms with Gasteiger partial charge in [0.25, 0.3) is 5.91 Å². The number of carboxylic acids is 1. The predicted molar refractivity (Wildman–Crippen MR) is 61.0 cm³/mol. The van der Waals surface area contributed by atoms with E-state index in [0.29, 0.717) is 5.02 Å². The van der Waals surface area contributed by atoms with Crippen LogP contribution in [0.1, 0.15) is 17.3 Å². The molecule has 1 amide bonds. The first kappa shape index (κ1) is 12.8. The van der Waals surface area contributed by atoms with E-state index < -0.39 is 17.9 Å². The third-order valence-corrected chi connectivity index (χ3v) is 2.46. The van der Waals surface area contributed by atoms with Crippen molar-refractivity contribution in [3.63, 3.8) is 0 Å². The van der Waals surface area contributed by atoms with Crippen LogP contribution in [0.5, 0.6) is 0 Å². The average Bonchev–Trinajstić information content (AvgIpc) is 2.21. The fraction of sp³-hybridized carbons (Fsp3) is 0.200. The number of carbonyl (C=O) groups excluding carboxylic acids is 1. The molecule has 1 aromatic carbocycles. The Morgan fingerprint density at radius 1 is 1.38 bits per heavy atom. The van der Waals surface area contributed by atoms with Crippen molar-refractivity contribution in [1.29, 1.82) is 0 Å². The number of carboxylic acid groups (broad SMARTS) is 1. The maximum atomic E-state index is 11.6. The van der Waals surface area contributed by atoms with E-state index in [-0.39, 0.29) is 10.6 Å². The highest BCUT2D eigenvalue weighted by atomic mass is 35.5. The molecule has 0 aliphatic carbocycles. The molecule has 2 N–H and O–H groups in total. The lowest BCUT2D eigenvalue weighted by Gasteiger charge is -2.10. The third kappa shape index (κ3) is 3.12. The van der Waals surface area contributed by atoms with Crippen LogP contribution in [0.25, 0.3) is 0 Å². The van der Waals surface area contributed by atoms with Crippen molar-refractivity contribution in [1.82, 2.24) is 5.32 Å². The molecule has 0 aliphatic rings. The minimum Gasteiger partial charge on any atom is -0.480 e. The number of amides is 1. The number of aliphatic carboxylic acids is 1. The zero-order valence-electron chi connectivity index (χ0n) is 8.33. The van der Waals surface area contributed by atoms with Crippen molar-refractivity contribution < 1.29 is 14.7 Å². The van der Waals surface area contributed by atoms with Crippen LogP contribution < -0.4 is 5.32 Å². The van der Waals surface area contributed by atoms with E-state index in [2.05, 4.69) is 5.32 Å². The molecule has 6 heteroatoms. The van der Waals surface area contributed by atoms with Crippen LogP contribution in [-0.2, 0) is 4.79 Å². The van der Waals surface area contributed by atoms with Crippen molar-refractivity contribution in [3.8, 4) is 0 Å². The van der Waals surface area contributed by atoms with E-state index >= 15 is 0 Å². The SMILES string of the molecule is C[C@H](NC(=O)c1cc(Cl)ccc1Cl)C(=O)O. The fourth-order valence-electron chi connectivity index (χ4n) is 1.01. The summed E-state index contributed by atoms with van der Waals surface area (Å²) in [6, 6.07) is 3.42. The Kier molecular flexibility index (Phi) is 4.15. The van der Waals surface area contributed by atoms with Gasteiger partial charge in [0, 0.05) is 5.02 Å². The number of benzene rings is 1. The standard InChI is InChI=1S/C10H9Cl2NO3/c1-5(10(15)16)13-9(14)7-4-6(11)2-3-8(7)12/h2-5H,1H3,(H,13,14)(H,15,16)/t5-/m0/s1. The molecule has 0 aromatic heterocycles. The Bertz CT molecular complexity index is 434. The van der Waals surface area contributed by atoms with Gasteiger partial charge in [0.15, 0.2) is 0 Å². The number of rotatable bonds is 3. The summed E-state index contributed by atoms with van der Waals surface area (Å²) in [5.41, 5.74) is 0.155. The Morgan fingerprint density at radius 2 is 2.00 bits per heavy atom. The highest BCUT2D eigenvalue weighted by molar-refractivity contribution is 6.35. The van der Waals surface area contributed by atoms with Crippen molar-refractivity contribution in [2.45, 2.75) is 13.0 Å². The topological polar surface area (TPSA) is 66.4 Å². The average molecular weight is 262 g/mol. The van der Waals surface area contributed by atoms with Gasteiger partial charge in [-0.3, -0.25) is 9.59 Å². The van der Waals surface area contributed by atoms with Crippen LogP contribution >= 0.6 is 23.2 Å². The molecule has 0 aliphatic heterocycles. The molecular formula is C10H9Cl2NO3. The van der Waals surface area contributed by atoms with E-state index in [1.54, 1.807) is 6.07 Å². The normalized spacial score (nSPS) is 11.9. The molecule has 0 saturated heterocycles.